The molecule has 1 atom stereocenters. The van der Waals surface area contributed by atoms with Gasteiger partial charge in [-0.05, 0) is 24.6 Å². The van der Waals surface area contributed by atoms with Crippen LogP contribution >= 0.6 is 15.9 Å². The van der Waals surface area contributed by atoms with Gasteiger partial charge in [0, 0.05) is 17.4 Å². The first-order chi connectivity index (χ1) is 6.44. The van der Waals surface area contributed by atoms with E-state index in [9.17, 15) is 8.78 Å². The Labute approximate surface area is 90.4 Å². The maximum atomic E-state index is 13.5. The standard InChI is InChI=1S/C10H12BrF2N/c1-10(13,6-14)5-7-2-3-8(11)4-9(7)12/h2-4H,5-6,14H2,1H3. The zero-order chi connectivity index (χ0) is 10.8. The smallest absolute Gasteiger partial charge is 0.127 e. The van der Waals surface area contributed by atoms with Crippen LogP contribution in [-0.4, -0.2) is 12.2 Å². The molecule has 2 N–H and O–H groups in total. The minimum atomic E-state index is -1.55. The van der Waals surface area contributed by atoms with Crippen LogP contribution in [0.1, 0.15) is 12.5 Å². The first kappa shape index (κ1) is 11.6. The SMILES string of the molecule is CC(F)(CN)Cc1ccc(Br)cc1F. The molecule has 0 fully saturated rings. The van der Waals surface area contributed by atoms with E-state index in [1.165, 1.54) is 13.0 Å². The Balaban J connectivity index is 2.87. The summed E-state index contributed by atoms with van der Waals surface area (Å²) < 4.78 is 27.4. The summed E-state index contributed by atoms with van der Waals surface area (Å²) in [5.74, 6) is -0.406. The Bertz CT molecular complexity index is 326. The van der Waals surface area contributed by atoms with Gasteiger partial charge in [0.15, 0.2) is 0 Å². The second-order valence-corrected chi connectivity index (χ2v) is 4.45. The van der Waals surface area contributed by atoms with Gasteiger partial charge in [0.2, 0.25) is 0 Å². The average molecular weight is 264 g/mol. The topological polar surface area (TPSA) is 26.0 Å². The number of alkyl halides is 1. The lowest BCUT2D eigenvalue weighted by Crippen LogP contribution is -2.32. The van der Waals surface area contributed by atoms with Crippen LogP contribution < -0.4 is 5.73 Å². The van der Waals surface area contributed by atoms with Gasteiger partial charge in [0.25, 0.3) is 0 Å². The summed E-state index contributed by atoms with van der Waals surface area (Å²) >= 11 is 3.13. The van der Waals surface area contributed by atoms with Crippen molar-refractivity contribution in [3.05, 3.63) is 34.1 Å². The average Bonchev–Trinajstić information content (AvgIpc) is 2.10. The summed E-state index contributed by atoms with van der Waals surface area (Å²) in [6.45, 7) is 1.26. The van der Waals surface area contributed by atoms with Crippen molar-refractivity contribution in [1.29, 1.82) is 0 Å². The van der Waals surface area contributed by atoms with Gasteiger partial charge >= 0.3 is 0 Å². The number of halogens is 3. The molecule has 0 heterocycles. The highest BCUT2D eigenvalue weighted by molar-refractivity contribution is 9.10. The number of benzene rings is 1. The molecule has 1 unspecified atom stereocenters. The Morgan fingerprint density at radius 2 is 2.14 bits per heavy atom. The molecule has 0 bridgehead atoms. The van der Waals surface area contributed by atoms with Crippen LogP contribution in [0.3, 0.4) is 0 Å². The van der Waals surface area contributed by atoms with Gasteiger partial charge in [-0.1, -0.05) is 22.0 Å². The van der Waals surface area contributed by atoms with Crippen molar-refractivity contribution >= 4 is 15.9 Å². The molecule has 4 heteroatoms. The van der Waals surface area contributed by atoms with Gasteiger partial charge in [-0.3, -0.25) is 0 Å². The lowest BCUT2D eigenvalue weighted by atomic mass is 9.98. The minimum Gasteiger partial charge on any atom is -0.328 e. The van der Waals surface area contributed by atoms with Gasteiger partial charge in [0.1, 0.15) is 11.5 Å². The molecule has 0 spiro atoms. The fraction of sp³-hybridized carbons (Fsp3) is 0.400. The summed E-state index contributed by atoms with van der Waals surface area (Å²) in [4.78, 5) is 0. The van der Waals surface area contributed by atoms with Crippen LogP contribution in [0.2, 0.25) is 0 Å². The fourth-order valence-electron chi connectivity index (χ4n) is 1.13. The molecule has 1 aromatic rings. The van der Waals surface area contributed by atoms with E-state index in [1.807, 2.05) is 0 Å². The number of hydrogen-bond acceptors (Lipinski definition) is 1. The normalized spacial score (nSPS) is 15.2. The van der Waals surface area contributed by atoms with Crippen molar-refractivity contribution in [2.45, 2.75) is 19.0 Å². The highest BCUT2D eigenvalue weighted by Gasteiger charge is 2.23. The van der Waals surface area contributed by atoms with E-state index in [4.69, 9.17) is 5.73 Å². The van der Waals surface area contributed by atoms with E-state index in [0.717, 1.165) is 0 Å². The number of nitrogens with two attached hydrogens (primary N) is 1. The largest absolute Gasteiger partial charge is 0.328 e. The van der Waals surface area contributed by atoms with Crippen LogP contribution in [0.5, 0.6) is 0 Å². The molecule has 0 aliphatic carbocycles. The molecule has 0 saturated heterocycles. The van der Waals surface area contributed by atoms with Crippen molar-refractivity contribution in [3.63, 3.8) is 0 Å². The molecular formula is C10H12BrF2N. The van der Waals surface area contributed by atoms with Crippen molar-refractivity contribution in [1.82, 2.24) is 0 Å². The molecule has 0 radical (unpaired) electrons. The Kier molecular flexibility index (Phi) is 3.61. The fourth-order valence-corrected chi connectivity index (χ4v) is 1.47. The summed E-state index contributed by atoms with van der Waals surface area (Å²) in [6.07, 6.45) is 0.00259. The monoisotopic (exact) mass is 263 g/mol. The quantitative estimate of drug-likeness (QED) is 0.892. The van der Waals surface area contributed by atoms with Gasteiger partial charge < -0.3 is 5.73 Å². The van der Waals surface area contributed by atoms with Crippen LogP contribution in [0, 0.1) is 5.82 Å². The highest BCUT2D eigenvalue weighted by atomic mass is 79.9. The number of rotatable bonds is 3. The third-order valence-electron chi connectivity index (χ3n) is 2.00. The highest BCUT2D eigenvalue weighted by Crippen LogP contribution is 2.21. The Morgan fingerprint density at radius 1 is 1.50 bits per heavy atom. The first-order valence-corrected chi connectivity index (χ1v) is 5.07. The summed E-state index contributed by atoms with van der Waals surface area (Å²) in [5.41, 5.74) is 4.03. The van der Waals surface area contributed by atoms with Crippen molar-refractivity contribution in [2.75, 3.05) is 6.54 Å². The Morgan fingerprint density at radius 3 is 2.64 bits per heavy atom. The molecule has 0 aromatic heterocycles. The van der Waals surface area contributed by atoms with Gasteiger partial charge in [-0.15, -0.1) is 0 Å². The second kappa shape index (κ2) is 4.36. The maximum absolute atomic E-state index is 13.5. The molecule has 0 aliphatic heterocycles. The van der Waals surface area contributed by atoms with Crippen LogP contribution in [0.25, 0.3) is 0 Å². The zero-order valence-corrected chi connectivity index (χ0v) is 9.44. The molecule has 78 valence electrons. The molecule has 0 aliphatic rings. The molecule has 14 heavy (non-hydrogen) atoms. The van der Waals surface area contributed by atoms with Crippen LogP contribution in [0.4, 0.5) is 8.78 Å². The molecule has 1 aromatic carbocycles. The first-order valence-electron chi connectivity index (χ1n) is 4.27. The zero-order valence-electron chi connectivity index (χ0n) is 7.86. The van der Waals surface area contributed by atoms with Crippen molar-refractivity contribution < 1.29 is 8.78 Å². The number of hydrogen-bond donors (Lipinski definition) is 1. The van der Waals surface area contributed by atoms with Crippen LogP contribution in [-0.2, 0) is 6.42 Å². The van der Waals surface area contributed by atoms with Gasteiger partial charge in [0.05, 0.1) is 0 Å². The Hall–Kier alpha value is -0.480. The molecule has 1 nitrogen and oxygen atoms in total. The van der Waals surface area contributed by atoms with E-state index in [0.29, 0.717) is 10.0 Å². The maximum Gasteiger partial charge on any atom is 0.127 e. The summed E-state index contributed by atoms with van der Waals surface area (Å²) in [6, 6.07) is 4.57. The third kappa shape index (κ3) is 3.03. The van der Waals surface area contributed by atoms with E-state index < -0.39 is 11.5 Å². The summed E-state index contributed by atoms with van der Waals surface area (Å²) in [7, 11) is 0. The van der Waals surface area contributed by atoms with E-state index in [2.05, 4.69) is 15.9 Å². The van der Waals surface area contributed by atoms with Gasteiger partial charge in [-0.2, -0.15) is 0 Å². The lowest BCUT2D eigenvalue weighted by Gasteiger charge is -2.18. The molecule has 1 rings (SSSR count). The molecule has 0 amide bonds. The summed E-state index contributed by atoms with van der Waals surface area (Å²) in [5, 5.41) is 0. The van der Waals surface area contributed by atoms with E-state index >= 15 is 0 Å². The second-order valence-electron chi connectivity index (χ2n) is 3.53. The van der Waals surface area contributed by atoms with Crippen molar-refractivity contribution in [2.24, 2.45) is 5.73 Å². The molecule has 0 saturated carbocycles. The molecular weight excluding hydrogens is 252 g/mol. The predicted octanol–water partition coefficient (Wildman–Crippen LogP) is 2.82. The lowest BCUT2D eigenvalue weighted by molar-refractivity contribution is 0.198. The minimum absolute atomic E-state index is 0.00259. The van der Waals surface area contributed by atoms with Crippen LogP contribution in [0.15, 0.2) is 22.7 Å². The third-order valence-corrected chi connectivity index (χ3v) is 2.49. The predicted molar refractivity (Wildman–Crippen MR) is 56.4 cm³/mol. The van der Waals surface area contributed by atoms with E-state index in [1.54, 1.807) is 12.1 Å². The van der Waals surface area contributed by atoms with Crippen molar-refractivity contribution in [3.8, 4) is 0 Å². The van der Waals surface area contributed by atoms with Gasteiger partial charge in [-0.25, -0.2) is 8.78 Å². The van der Waals surface area contributed by atoms with E-state index in [-0.39, 0.29) is 13.0 Å².